The lowest BCUT2D eigenvalue weighted by Gasteiger charge is -2.21. The van der Waals surface area contributed by atoms with E-state index < -0.39 is 0 Å². The summed E-state index contributed by atoms with van der Waals surface area (Å²) in [6.07, 6.45) is 0. The fraction of sp³-hybridized carbons (Fsp3) is 0.462. The first kappa shape index (κ1) is 13.5. The lowest BCUT2D eigenvalue weighted by molar-refractivity contribution is 0.0954. The van der Waals surface area contributed by atoms with Crippen molar-refractivity contribution in [3.8, 4) is 5.75 Å². The number of nitrogens with two attached hydrogens (primary N) is 1. The van der Waals surface area contributed by atoms with Crippen LogP contribution >= 0.6 is 0 Å². The maximum Gasteiger partial charge on any atom is 0.251 e. The van der Waals surface area contributed by atoms with Crippen LogP contribution in [-0.4, -0.2) is 24.1 Å². The van der Waals surface area contributed by atoms with Crippen molar-refractivity contribution < 1.29 is 9.90 Å². The summed E-state index contributed by atoms with van der Waals surface area (Å²) in [5.41, 5.74) is 6.43. The SMILES string of the molecule is CC(C)(C)c1cc(C(=O)NCCN)ccc1O. The van der Waals surface area contributed by atoms with E-state index in [9.17, 15) is 9.90 Å². The highest BCUT2D eigenvalue weighted by atomic mass is 16.3. The van der Waals surface area contributed by atoms with Crippen molar-refractivity contribution in [3.05, 3.63) is 29.3 Å². The molecule has 0 saturated carbocycles. The molecular weight excluding hydrogens is 216 g/mol. The second kappa shape index (κ2) is 5.19. The second-order valence-electron chi connectivity index (χ2n) is 5.03. The van der Waals surface area contributed by atoms with Crippen LogP contribution in [0.3, 0.4) is 0 Å². The minimum atomic E-state index is -0.200. The third kappa shape index (κ3) is 3.46. The summed E-state index contributed by atoms with van der Waals surface area (Å²) in [6.45, 7) is 6.83. The Kier molecular flexibility index (Phi) is 4.12. The number of amides is 1. The van der Waals surface area contributed by atoms with Gasteiger partial charge in [-0.05, 0) is 23.6 Å². The third-order valence-electron chi connectivity index (χ3n) is 2.50. The van der Waals surface area contributed by atoms with Crippen LogP contribution in [-0.2, 0) is 5.41 Å². The van der Waals surface area contributed by atoms with E-state index in [0.29, 0.717) is 18.7 Å². The van der Waals surface area contributed by atoms with E-state index in [4.69, 9.17) is 5.73 Å². The van der Waals surface area contributed by atoms with E-state index in [-0.39, 0.29) is 17.1 Å². The molecule has 0 aromatic heterocycles. The Hall–Kier alpha value is -1.55. The maximum atomic E-state index is 11.7. The van der Waals surface area contributed by atoms with Crippen LogP contribution in [0.2, 0.25) is 0 Å². The minimum Gasteiger partial charge on any atom is -0.508 e. The summed E-state index contributed by atoms with van der Waals surface area (Å²) < 4.78 is 0. The maximum absolute atomic E-state index is 11.7. The molecule has 0 aliphatic heterocycles. The molecule has 0 unspecified atom stereocenters. The van der Waals surface area contributed by atoms with Gasteiger partial charge in [0.05, 0.1) is 0 Å². The predicted molar refractivity (Wildman–Crippen MR) is 68.2 cm³/mol. The van der Waals surface area contributed by atoms with Crippen LogP contribution < -0.4 is 11.1 Å². The van der Waals surface area contributed by atoms with Gasteiger partial charge < -0.3 is 16.2 Å². The number of rotatable bonds is 3. The molecule has 4 nitrogen and oxygen atoms in total. The zero-order chi connectivity index (χ0) is 13.1. The van der Waals surface area contributed by atoms with Gasteiger partial charge in [-0.15, -0.1) is 0 Å². The first-order chi connectivity index (χ1) is 7.86. The quantitative estimate of drug-likeness (QED) is 0.742. The third-order valence-corrected chi connectivity index (χ3v) is 2.50. The average Bonchev–Trinajstić information content (AvgIpc) is 2.25. The molecule has 0 heterocycles. The number of phenols is 1. The van der Waals surface area contributed by atoms with Gasteiger partial charge in [0.1, 0.15) is 5.75 Å². The molecule has 0 atom stereocenters. The van der Waals surface area contributed by atoms with Crippen molar-refractivity contribution in [2.24, 2.45) is 5.73 Å². The molecule has 0 spiro atoms. The Morgan fingerprint density at radius 1 is 1.41 bits per heavy atom. The van der Waals surface area contributed by atoms with E-state index >= 15 is 0 Å². The standard InChI is InChI=1S/C13H20N2O2/c1-13(2,3)10-8-9(4-5-11(10)16)12(17)15-7-6-14/h4-5,8,16H,6-7,14H2,1-3H3,(H,15,17). The molecule has 4 N–H and O–H groups in total. The predicted octanol–water partition coefficient (Wildman–Crippen LogP) is 1.38. The molecule has 0 fully saturated rings. The number of phenolic OH excluding ortho intramolecular Hbond substituents is 1. The summed E-state index contributed by atoms with van der Waals surface area (Å²) in [4.78, 5) is 11.7. The van der Waals surface area contributed by atoms with Crippen LogP contribution in [0.4, 0.5) is 0 Å². The average molecular weight is 236 g/mol. The number of carbonyl (C=O) groups is 1. The van der Waals surface area contributed by atoms with Gasteiger partial charge in [-0.1, -0.05) is 20.8 Å². The lowest BCUT2D eigenvalue weighted by atomic mass is 9.85. The zero-order valence-corrected chi connectivity index (χ0v) is 10.6. The highest BCUT2D eigenvalue weighted by Crippen LogP contribution is 2.31. The van der Waals surface area contributed by atoms with E-state index in [1.54, 1.807) is 18.2 Å². The fourth-order valence-electron chi connectivity index (χ4n) is 1.57. The van der Waals surface area contributed by atoms with Crippen molar-refractivity contribution in [1.82, 2.24) is 5.32 Å². The van der Waals surface area contributed by atoms with Gasteiger partial charge in [-0.25, -0.2) is 0 Å². The van der Waals surface area contributed by atoms with Crippen LogP contribution in [0.15, 0.2) is 18.2 Å². The normalized spacial score (nSPS) is 11.3. The number of carbonyl (C=O) groups excluding carboxylic acids is 1. The number of benzene rings is 1. The molecular formula is C13H20N2O2. The number of nitrogens with one attached hydrogen (secondary N) is 1. The van der Waals surface area contributed by atoms with Crippen LogP contribution in [0.5, 0.6) is 5.75 Å². The van der Waals surface area contributed by atoms with E-state index in [1.165, 1.54) is 0 Å². The molecule has 1 aromatic carbocycles. The smallest absolute Gasteiger partial charge is 0.251 e. The molecule has 0 bridgehead atoms. The molecule has 0 saturated heterocycles. The molecule has 0 aliphatic rings. The Labute approximate surface area is 102 Å². The summed E-state index contributed by atoms with van der Waals surface area (Å²) in [5, 5.41) is 12.5. The van der Waals surface area contributed by atoms with Crippen LogP contribution in [0, 0.1) is 0 Å². The Morgan fingerprint density at radius 3 is 2.59 bits per heavy atom. The summed E-state index contributed by atoms with van der Waals surface area (Å²) >= 11 is 0. The van der Waals surface area contributed by atoms with Crippen molar-refractivity contribution in [2.75, 3.05) is 13.1 Å². The van der Waals surface area contributed by atoms with Gasteiger partial charge in [0, 0.05) is 24.2 Å². The first-order valence-electron chi connectivity index (χ1n) is 5.68. The van der Waals surface area contributed by atoms with Crippen molar-refractivity contribution in [2.45, 2.75) is 26.2 Å². The molecule has 1 aromatic rings. The number of hydrogen-bond donors (Lipinski definition) is 3. The topological polar surface area (TPSA) is 75.4 Å². The molecule has 0 radical (unpaired) electrons. The monoisotopic (exact) mass is 236 g/mol. The minimum absolute atomic E-state index is 0.166. The summed E-state index contributed by atoms with van der Waals surface area (Å²) in [6, 6.07) is 4.88. The highest BCUT2D eigenvalue weighted by Gasteiger charge is 2.19. The van der Waals surface area contributed by atoms with E-state index in [2.05, 4.69) is 5.32 Å². The lowest BCUT2D eigenvalue weighted by Crippen LogP contribution is -2.29. The molecule has 0 aliphatic carbocycles. The molecule has 94 valence electrons. The van der Waals surface area contributed by atoms with Gasteiger partial charge in [0.25, 0.3) is 5.91 Å². The Morgan fingerprint density at radius 2 is 2.06 bits per heavy atom. The van der Waals surface area contributed by atoms with E-state index in [0.717, 1.165) is 5.56 Å². The van der Waals surface area contributed by atoms with Gasteiger partial charge in [0.15, 0.2) is 0 Å². The van der Waals surface area contributed by atoms with Crippen molar-refractivity contribution >= 4 is 5.91 Å². The van der Waals surface area contributed by atoms with Crippen molar-refractivity contribution in [1.29, 1.82) is 0 Å². The van der Waals surface area contributed by atoms with E-state index in [1.807, 2.05) is 20.8 Å². The molecule has 17 heavy (non-hydrogen) atoms. The number of hydrogen-bond acceptors (Lipinski definition) is 3. The van der Waals surface area contributed by atoms with Crippen LogP contribution in [0.1, 0.15) is 36.7 Å². The van der Waals surface area contributed by atoms with Gasteiger partial charge in [0.2, 0.25) is 0 Å². The summed E-state index contributed by atoms with van der Waals surface area (Å²) in [5.74, 6) is 0.0498. The Balaban J connectivity index is 3.00. The van der Waals surface area contributed by atoms with Crippen molar-refractivity contribution in [3.63, 3.8) is 0 Å². The molecule has 1 rings (SSSR count). The van der Waals surface area contributed by atoms with Crippen LogP contribution in [0.25, 0.3) is 0 Å². The number of aromatic hydroxyl groups is 1. The Bertz CT molecular complexity index is 408. The second-order valence-corrected chi connectivity index (χ2v) is 5.03. The largest absolute Gasteiger partial charge is 0.508 e. The molecule has 1 amide bonds. The first-order valence-corrected chi connectivity index (χ1v) is 5.68. The van der Waals surface area contributed by atoms with Gasteiger partial charge in [-0.2, -0.15) is 0 Å². The van der Waals surface area contributed by atoms with Gasteiger partial charge in [-0.3, -0.25) is 4.79 Å². The highest BCUT2D eigenvalue weighted by molar-refractivity contribution is 5.94. The zero-order valence-electron chi connectivity index (χ0n) is 10.6. The fourth-order valence-corrected chi connectivity index (χ4v) is 1.57. The summed E-state index contributed by atoms with van der Waals surface area (Å²) in [7, 11) is 0. The molecule has 4 heteroatoms. The van der Waals surface area contributed by atoms with Gasteiger partial charge >= 0.3 is 0 Å².